The van der Waals surface area contributed by atoms with E-state index in [9.17, 15) is 18.5 Å². The Balaban J connectivity index is 1.56. The fourth-order valence-electron chi connectivity index (χ4n) is 3.90. The van der Waals surface area contributed by atoms with Crippen LogP contribution < -0.4 is 15.4 Å². The van der Waals surface area contributed by atoms with Crippen molar-refractivity contribution in [3.63, 3.8) is 0 Å². The Labute approximate surface area is 191 Å². The average Bonchev–Trinajstić information content (AvgIpc) is 3.08. The molecule has 4 rings (SSSR count). The summed E-state index contributed by atoms with van der Waals surface area (Å²) < 4.78 is 50.2. The Morgan fingerprint density at radius 1 is 1.33 bits per heavy atom. The van der Waals surface area contributed by atoms with Gasteiger partial charge in [0, 0.05) is 31.4 Å². The summed E-state index contributed by atoms with van der Waals surface area (Å²) in [7, 11) is -3.43. The lowest BCUT2D eigenvalue weighted by Crippen LogP contribution is -2.46. The highest BCUT2D eigenvalue weighted by Crippen LogP contribution is 2.40. The largest absolute Gasteiger partial charge is 0.488 e. The highest BCUT2D eigenvalue weighted by molar-refractivity contribution is 7.90. The topological polar surface area (TPSA) is 118 Å². The van der Waals surface area contributed by atoms with E-state index in [1.807, 2.05) is 6.07 Å². The summed E-state index contributed by atoms with van der Waals surface area (Å²) in [6, 6.07) is 8.51. The molecule has 1 unspecified atom stereocenters. The van der Waals surface area contributed by atoms with Gasteiger partial charge in [-0.05, 0) is 53.9 Å². The molecule has 0 bridgehead atoms. The van der Waals surface area contributed by atoms with Gasteiger partial charge in [-0.1, -0.05) is 6.07 Å². The number of carbonyl (C=O) groups is 1. The van der Waals surface area contributed by atoms with Crippen LogP contribution in [0.5, 0.6) is 5.75 Å². The van der Waals surface area contributed by atoms with E-state index in [0.717, 1.165) is 24.8 Å². The number of hydrogen-bond donors (Lipinski definition) is 2. The molecule has 2 aromatic rings. The van der Waals surface area contributed by atoms with Crippen LogP contribution in [0.15, 0.2) is 35.2 Å². The lowest BCUT2D eigenvalue weighted by Gasteiger charge is -2.23. The Morgan fingerprint density at radius 3 is 2.91 bits per heavy atom. The number of carbonyl (C=O) groups excluding carboxylic acids is 1. The number of benzene rings is 2. The van der Waals surface area contributed by atoms with Gasteiger partial charge in [-0.15, -0.1) is 0 Å². The summed E-state index contributed by atoms with van der Waals surface area (Å²) in [5.41, 5.74) is 2.00. The third-order valence-electron chi connectivity index (χ3n) is 5.67. The van der Waals surface area contributed by atoms with Crippen molar-refractivity contribution < 1.29 is 27.1 Å². The zero-order valence-electron chi connectivity index (χ0n) is 18.1. The van der Waals surface area contributed by atoms with Crippen molar-refractivity contribution >= 4 is 15.7 Å². The highest BCUT2D eigenvalue weighted by Gasteiger charge is 2.26. The fourth-order valence-corrected chi connectivity index (χ4v) is 4.54. The maximum atomic E-state index is 15.0. The monoisotopic (exact) mass is 473 g/mol. The number of nitrogens with zero attached hydrogens (tertiary/aromatic N) is 1. The minimum absolute atomic E-state index is 0.0545. The van der Waals surface area contributed by atoms with Gasteiger partial charge >= 0.3 is 0 Å². The number of fused-ring (bicyclic) bond motifs is 3. The predicted molar refractivity (Wildman–Crippen MR) is 118 cm³/mol. The SMILES string of the molecule is CS(=O)(=O)c1ccc2c(c1)-c1cc(F)c(CC(C#N)NC(=O)[C@@H]3CNCCCO3)cc1OC2. The van der Waals surface area contributed by atoms with Crippen LogP contribution in [0.1, 0.15) is 17.5 Å². The number of nitrogens with one attached hydrogen (secondary N) is 2. The van der Waals surface area contributed by atoms with Crippen LogP contribution in [0.4, 0.5) is 4.39 Å². The smallest absolute Gasteiger partial charge is 0.251 e. The minimum Gasteiger partial charge on any atom is -0.488 e. The average molecular weight is 474 g/mol. The second kappa shape index (κ2) is 9.47. The number of sulfone groups is 1. The molecule has 2 aliphatic heterocycles. The van der Waals surface area contributed by atoms with Crippen LogP contribution in [0.3, 0.4) is 0 Å². The van der Waals surface area contributed by atoms with Crippen molar-refractivity contribution in [2.45, 2.75) is 36.5 Å². The summed E-state index contributed by atoms with van der Waals surface area (Å²) in [4.78, 5) is 12.6. The zero-order valence-corrected chi connectivity index (χ0v) is 18.9. The van der Waals surface area contributed by atoms with Gasteiger partial charge in [0.2, 0.25) is 0 Å². The van der Waals surface area contributed by atoms with Crippen LogP contribution in [0.25, 0.3) is 11.1 Å². The highest BCUT2D eigenvalue weighted by atomic mass is 32.2. The molecule has 10 heteroatoms. The predicted octanol–water partition coefficient (Wildman–Crippen LogP) is 1.72. The van der Waals surface area contributed by atoms with Crippen LogP contribution in [-0.4, -0.2) is 52.4 Å². The molecule has 1 amide bonds. The van der Waals surface area contributed by atoms with Crippen molar-refractivity contribution in [1.82, 2.24) is 10.6 Å². The third-order valence-corrected chi connectivity index (χ3v) is 6.78. The van der Waals surface area contributed by atoms with E-state index in [-0.39, 0.29) is 23.5 Å². The first-order chi connectivity index (χ1) is 15.8. The lowest BCUT2D eigenvalue weighted by atomic mass is 9.94. The van der Waals surface area contributed by atoms with Gasteiger partial charge in [0.25, 0.3) is 5.91 Å². The van der Waals surface area contributed by atoms with Crippen molar-refractivity contribution in [2.24, 2.45) is 0 Å². The summed E-state index contributed by atoms with van der Waals surface area (Å²) in [5.74, 6) is -0.603. The molecule has 2 atom stereocenters. The van der Waals surface area contributed by atoms with E-state index in [1.54, 1.807) is 6.07 Å². The molecule has 0 spiro atoms. The number of rotatable bonds is 5. The van der Waals surface area contributed by atoms with Crippen molar-refractivity contribution in [3.05, 3.63) is 47.3 Å². The second-order valence-electron chi connectivity index (χ2n) is 8.13. The van der Waals surface area contributed by atoms with Gasteiger partial charge in [0.1, 0.15) is 30.3 Å². The van der Waals surface area contributed by atoms with Crippen LogP contribution >= 0.6 is 0 Å². The number of hydrogen-bond acceptors (Lipinski definition) is 7. The molecule has 1 saturated heterocycles. The van der Waals surface area contributed by atoms with E-state index in [0.29, 0.717) is 30.0 Å². The number of nitriles is 1. The lowest BCUT2D eigenvalue weighted by molar-refractivity contribution is -0.132. The number of halogens is 1. The molecule has 0 saturated carbocycles. The first kappa shape index (κ1) is 23.2. The normalized spacial score (nSPS) is 18.6. The minimum atomic E-state index is -3.43. The van der Waals surface area contributed by atoms with Gasteiger partial charge < -0.3 is 20.1 Å². The molecular formula is C23H24FN3O5S. The molecule has 174 valence electrons. The molecule has 0 aliphatic carbocycles. The molecule has 33 heavy (non-hydrogen) atoms. The van der Waals surface area contributed by atoms with Gasteiger partial charge in [-0.2, -0.15) is 5.26 Å². The van der Waals surface area contributed by atoms with E-state index in [1.165, 1.54) is 24.3 Å². The van der Waals surface area contributed by atoms with E-state index >= 15 is 4.39 Å². The van der Waals surface area contributed by atoms with E-state index in [2.05, 4.69) is 10.6 Å². The molecule has 2 aromatic carbocycles. The molecule has 2 aliphatic rings. The zero-order chi connectivity index (χ0) is 23.6. The van der Waals surface area contributed by atoms with Crippen LogP contribution in [0.2, 0.25) is 0 Å². The maximum absolute atomic E-state index is 15.0. The van der Waals surface area contributed by atoms with Crippen molar-refractivity contribution in [1.29, 1.82) is 5.26 Å². The molecule has 2 N–H and O–H groups in total. The Bertz CT molecular complexity index is 1220. The molecular weight excluding hydrogens is 449 g/mol. The number of ether oxygens (including phenoxy) is 2. The summed E-state index contributed by atoms with van der Waals surface area (Å²) in [6.07, 6.45) is 1.15. The molecule has 8 nitrogen and oxygen atoms in total. The standard InChI is InChI=1S/C23H24FN3O5S/c1-33(29,30)17-4-3-14-13-32-21-8-15(20(24)10-19(21)18(14)9-17)7-16(11-25)27-23(28)22-12-26-5-2-6-31-22/h3-4,8-10,16,22,26H,2,5-7,12-13H2,1H3,(H,27,28)/t16?,22-/m0/s1. The van der Waals surface area contributed by atoms with Gasteiger partial charge in [-0.3, -0.25) is 4.79 Å². The quantitative estimate of drug-likeness (QED) is 0.679. The third kappa shape index (κ3) is 5.16. The first-order valence-electron chi connectivity index (χ1n) is 10.6. The van der Waals surface area contributed by atoms with Crippen molar-refractivity contribution in [3.8, 4) is 22.9 Å². The summed E-state index contributed by atoms with van der Waals surface area (Å²) in [6.45, 7) is 1.75. The fraction of sp³-hybridized carbons (Fsp3) is 0.391. The maximum Gasteiger partial charge on any atom is 0.251 e. The molecule has 2 heterocycles. The van der Waals surface area contributed by atoms with Crippen LogP contribution in [0, 0.1) is 17.1 Å². The van der Waals surface area contributed by atoms with Crippen LogP contribution in [-0.2, 0) is 32.4 Å². The van der Waals surface area contributed by atoms with Gasteiger partial charge in [0.15, 0.2) is 9.84 Å². The Hall–Kier alpha value is -3.00. The van der Waals surface area contributed by atoms with Crippen molar-refractivity contribution in [2.75, 3.05) is 26.0 Å². The summed E-state index contributed by atoms with van der Waals surface area (Å²) >= 11 is 0. The number of amides is 1. The van der Waals surface area contributed by atoms with E-state index in [4.69, 9.17) is 9.47 Å². The molecule has 0 aromatic heterocycles. The first-order valence-corrected chi connectivity index (χ1v) is 12.5. The summed E-state index contributed by atoms with van der Waals surface area (Å²) in [5, 5.41) is 15.2. The second-order valence-corrected chi connectivity index (χ2v) is 10.1. The van der Waals surface area contributed by atoms with Gasteiger partial charge in [-0.25, -0.2) is 12.8 Å². The molecule has 0 radical (unpaired) electrons. The molecule has 1 fully saturated rings. The van der Waals surface area contributed by atoms with Gasteiger partial charge in [0.05, 0.1) is 11.0 Å². The Kier molecular flexibility index (Phi) is 6.65. The Morgan fingerprint density at radius 2 is 2.15 bits per heavy atom. The van der Waals surface area contributed by atoms with E-state index < -0.39 is 33.7 Å².